The van der Waals surface area contributed by atoms with Crippen molar-refractivity contribution in [3.05, 3.63) is 17.5 Å². The summed E-state index contributed by atoms with van der Waals surface area (Å²) >= 11 is 0. The second-order valence-corrected chi connectivity index (χ2v) is 4.14. The molecular formula is C11H19N3. The third-order valence-corrected chi connectivity index (χ3v) is 3.13. The molecule has 1 aromatic heterocycles. The van der Waals surface area contributed by atoms with Crippen LogP contribution in [0.15, 0.2) is 6.20 Å². The summed E-state index contributed by atoms with van der Waals surface area (Å²) < 4.78 is 2.05. The third kappa shape index (κ3) is 1.82. The molecule has 0 aliphatic heterocycles. The van der Waals surface area contributed by atoms with Crippen LogP contribution in [0.1, 0.15) is 31.0 Å². The lowest BCUT2D eigenvalue weighted by molar-refractivity contribution is 0.427. The van der Waals surface area contributed by atoms with Gasteiger partial charge in [0, 0.05) is 12.7 Å². The lowest BCUT2D eigenvalue weighted by Crippen LogP contribution is -2.17. The molecule has 2 rings (SSSR count). The number of nitrogens with zero attached hydrogens (tertiary/aromatic N) is 2. The molecule has 0 radical (unpaired) electrons. The minimum atomic E-state index is 0.771. The molecule has 0 bridgehead atoms. The van der Waals surface area contributed by atoms with Crippen molar-refractivity contribution in [2.24, 2.45) is 11.7 Å². The summed E-state index contributed by atoms with van der Waals surface area (Å²) in [7, 11) is 0. The van der Waals surface area contributed by atoms with Gasteiger partial charge in [-0.1, -0.05) is 0 Å². The van der Waals surface area contributed by atoms with E-state index in [4.69, 9.17) is 5.73 Å². The zero-order valence-corrected chi connectivity index (χ0v) is 8.87. The number of fused-ring (bicyclic) bond motifs is 1. The lowest BCUT2D eigenvalue weighted by atomic mass is 9.86. The number of nitrogens with two attached hydrogens (primary N) is 1. The molecule has 1 atom stereocenters. The van der Waals surface area contributed by atoms with E-state index < -0.39 is 0 Å². The van der Waals surface area contributed by atoms with E-state index >= 15 is 0 Å². The summed E-state index contributed by atoms with van der Waals surface area (Å²) in [5.74, 6) is 0.771. The van der Waals surface area contributed by atoms with Crippen LogP contribution >= 0.6 is 0 Å². The van der Waals surface area contributed by atoms with Crippen molar-refractivity contribution in [1.82, 2.24) is 9.78 Å². The minimum absolute atomic E-state index is 0.771. The number of aryl methyl sites for hydroxylation is 2. The predicted octanol–water partition coefficient (Wildman–Crippen LogP) is 1.36. The van der Waals surface area contributed by atoms with E-state index in [0.717, 1.165) is 31.8 Å². The van der Waals surface area contributed by atoms with Gasteiger partial charge >= 0.3 is 0 Å². The highest BCUT2D eigenvalue weighted by atomic mass is 15.3. The highest BCUT2D eigenvalue weighted by molar-refractivity contribution is 5.20. The minimum Gasteiger partial charge on any atom is -0.330 e. The second-order valence-electron chi connectivity index (χ2n) is 4.14. The molecule has 0 fully saturated rings. The topological polar surface area (TPSA) is 43.8 Å². The largest absolute Gasteiger partial charge is 0.330 e. The van der Waals surface area contributed by atoms with Gasteiger partial charge in [-0.25, -0.2) is 0 Å². The van der Waals surface area contributed by atoms with Crippen LogP contribution < -0.4 is 5.73 Å². The quantitative estimate of drug-likeness (QED) is 0.787. The van der Waals surface area contributed by atoms with Gasteiger partial charge in [0.1, 0.15) is 0 Å². The molecule has 2 N–H and O–H groups in total. The Balaban J connectivity index is 2.09. The Kier molecular flexibility index (Phi) is 2.87. The van der Waals surface area contributed by atoms with Crippen LogP contribution in [0.5, 0.6) is 0 Å². The maximum atomic E-state index is 5.59. The van der Waals surface area contributed by atoms with Crippen LogP contribution in [-0.2, 0) is 19.4 Å². The van der Waals surface area contributed by atoms with Gasteiger partial charge in [-0.05, 0) is 50.6 Å². The smallest absolute Gasteiger partial charge is 0.0659 e. The zero-order valence-electron chi connectivity index (χ0n) is 8.87. The fourth-order valence-corrected chi connectivity index (χ4v) is 2.26. The first-order valence-corrected chi connectivity index (χ1v) is 5.58. The van der Waals surface area contributed by atoms with Crippen LogP contribution in [0, 0.1) is 5.92 Å². The fourth-order valence-electron chi connectivity index (χ4n) is 2.26. The van der Waals surface area contributed by atoms with Crippen molar-refractivity contribution < 1.29 is 0 Å². The first-order chi connectivity index (χ1) is 6.83. The first-order valence-electron chi connectivity index (χ1n) is 5.58. The Morgan fingerprint density at radius 2 is 2.50 bits per heavy atom. The zero-order chi connectivity index (χ0) is 9.97. The average Bonchev–Trinajstić information content (AvgIpc) is 2.60. The van der Waals surface area contributed by atoms with Crippen molar-refractivity contribution in [2.75, 3.05) is 6.54 Å². The van der Waals surface area contributed by atoms with Crippen molar-refractivity contribution in [3.8, 4) is 0 Å². The van der Waals surface area contributed by atoms with Gasteiger partial charge in [0.2, 0.25) is 0 Å². The summed E-state index contributed by atoms with van der Waals surface area (Å²) in [6, 6.07) is 0. The number of hydrogen-bond donors (Lipinski definition) is 1. The SMILES string of the molecule is CCn1cc2c(n1)CC(CCN)CC2. The predicted molar refractivity (Wildman–Crippen MR) is 57.1 cm³/mol. The molecule has 78 valence electrons. The Hall–Kier alpha value is -0.830. The fraction of sp³-hybridized carbons (Fsp3) is 0.727. The maximum Gasteiger partial charge on any atom is 0.0659 e. The third-order valence-electron chi connectivity index (χ3n) is 3.13. The molecule has 0 saturated heterocycles. The molecule has 14 heavy (non-hydrogen) atoms. The van der Waals surface area contributed by atoms with Gasteiger partial charge in [0.05, 0.1) is 5.69 Å². The molecule has 3 nitrogen and oxygen atoms in total. The van der Waals surface area contributed by atoms with E-state index in [9.17, 15) is 0 Å². The standard InChI is InChI=1S/C11H19N3/c1-2-14-8-10-4-3-9(5-6-12)7-11(10)13-14/h8-9H,2-7,12H2,1H3. The molecule has 1 aliphatic rings. The van der Waals surface area contributed by atoms with Crippen molar-refractivity contribution >= 4 is 0 Å². The first kappa shape index (κ1) is 9.71. The molecule has 3 heteroatoms. The van der Waals surface area contributed by atoms with Gasteiger partial charge in [-0.3, -0.25) is 4.68 Å². The molecule has 0 amide bonds. The maximum absolute atomic E-state index is 5.59. The molecule has 1 unspecified atom stereocenters. The van der Waals surface area contributed by atoms with Crippen molar-refractivity contribution in [1.29, 1.82) is 0 Å². The van der Waals surface area contributed by atoms with Gasteiger partial charge in [0.15, 0.2) is 0 Å². The number of hydrogen-bond acceptors (Lipinski definition) is 2. The number of rotatable bonds is 3. The molecule has 0 saturated carbocycles. The van der Waals surface area contributed by atoms with Gasteiger partial charge in [-0.2, -0.15) is 5.10 Å². The van der Waals surface area contributed by atoms with E-state index in [2.05, 4.69) is 22.9 Å². The van der Waals surface area contributed by atoms with Crippen LogP contribution in [0.25, 0.3) is 0 Å². The summed E-state index contributed by atoms with van der Waals surface area (Å²) in [5.41, 5.74) is 8.36. The Bertz CT molecular complexity index is 303. The van der Waals surface area contributed by atoms with Crippen LogP contribution in [0.3, 0.4) is 0 Å². The van der Waals surface area contributed by atoms with E-state index in [1.165, 1.54) is 24.1 Å². The highest BCUT2D eigenvalue weighted by Crippen LogP contribution is 2.26. The van der Waals surface area contributed by atoms with Crippen LogP contribution in [0.2, 0.25) is 0 Å². The van der Waals surface area contributed by atoms with E-state index in [1.807, 2.05) is 0 Å². The van der Waals surface area contributed by atoms with E-state index in [1.54, 1.807) is 0 Å². The Labute approximate surface area is 85.3 Å². The van der Waals surface area contributed by atoms with E-state index in [0.29, 0.717) is 0 Å². The molecule has 0 spiro atoms. The normalized spacial score (nSPS) is 20.9. The highest BCUT2D eigenvalue weighted by Gasteiger charge is 2.20. The monoisotopic (exact) mass is 193 g/mol. The average molecular weight is 193 g/mol. The van der Waals surface area contributed by atoms with Crippen LogP contribution in [0.4, 0.5) is 0 Å². The number of aromatic nitrogens is 2. The van der Waals surface area contributed by atoms with Gasteiger partial charge < -0.3 is 5.73 Å². The van der Waals surface area contributed by atoms with Gasteiger partial charge in [-0.15, -0.1) is 0 Å². The summed E-state index contributed by atoms with van der Waals surface area (Å²) in [4.78, 5) is 0. The molecular weight excluding hydrogens is 174 g/mol. The molecule has 1 aromatic rings. The van der Waals surface area contributed by atoms with Crippen molar-refractivity contribution in [2.45, 2.75) is 39.2 Å². The molecule has 1 aliphatic carbocycles. The lowest BCUT2D eigenvalue weighted by Gasteiger charge is -2.19. The summed E-state index contributed by atoms with van der Waals surface area (Å²) in [6.07, 6.45) is 6.98. The second kappa shape index (κ2) is 4.13. The molecule has 0 aromatic carbocycles. The Morgan fingerprint density at radius 3 is 3.21 bits per heavy atom. The van der Waals surface area contributed by atoms with Gasteiger partial charge in [0.25, 0.3) is 0 Å². The van der Waals surface area contributed by atoms with Crippen molar-refractivity contribution in [3.63, 3.8) is 0 Å². The van der Waals surface area contributed by atoms with Crippen LogP contribution in [-0.4, -0.2) is 16.3 Å². The van der Waals surface area contributed by atoms with E-state index in [-0.39, 0.29) is 0 Å². The Morgan fingerprint density at radius 1 is 1.64 bits per heavy atom. The summed E-state index contributed by atoms with van der Waals surface area (Å²) in [6.45, 7) is 3.93. The molecule has 1 heterocycles. The summed E-state index contributed by atoms with van der Waals surface area (Å²) in [5, 5.41) is 4.58.